The highest BCUT2D eigenvalue weighted by Crippen LogP contribution is 2.16. The largest absolute Gasteiger partial charge is 0.347 e. The van der Waals surface area contributed by atoms with E-state index < -0.39 is 0 Å². The highest BCUT2D eigenvalue weighted by molar-refractivity contribution is 5.81. The van der Waals surface area contributed by atoms with Crippen molar-refractivity contribution in [3.63, 3.8) is 0 Å². The highest BCUT2D eigenvalue weighted by Gasteiger charge is 2.16. The number of amides is 1. The summed E-state index contributed by atoms with van der Waals surface area (Å²) in [5.41, 5.74) is 0.498. The maximum atomic E-state index is 11.8. The third-order valence-corrected chi connectivity index (χ3v) is 2.53. The van der Waals surface area contributed by atoms with E-state index in [-0.39, 0.29) is 12.5 Å². The smallest absolute Gasteiger partial charge is 0.241 e. The molecular formula is C13H18N4O. The number of rotatable bonds is 5. The first-order valence-corrected chi connectivity index (χ1v) is 5.90. The molecule has 0 radical (unpaired) electrons. The van der Waals surface area contributed by atoms with Crippen molar-refractivity contribution < 1.29 is 4.79 Å². The van der Waals surface area contributed by atoms with Crippen LogP contribution in [0.2, 0.25) is 0 Å². The zero-order valence-corrected chi connectivity index (χ0v) is 11.1. The van der Waals surface area contributed by atoms with E-state index in [2.05, 4.69) is 11.1 Å². The van der Waals surface area contributed by atoms with Gasteiger partial charge in [0.05, 0.1) is 12.1 Å². The second-order valence-corrected chi connectivity index (χ2v) is 4.20. The number of aromatic nitrogens is 1. The fraction of sp³-hybridized carbons (Fsp3) is 0.462. The van der Waals surface area contributed by atoms with Crippen molar-refractivity contribution in [1.29, 1.82) is 5.26 Å². The second kappa shape index (κ2) is 6.60. The molecule has 0 spiro atoms. The van der Waals surface area contributed by atoms with Gasteiger partial charge >= 0.3 is 0 Å². The number of pyridine rings is 1. The van der Waals surface area contributed by atoms with Crippen LogP contribution < -0.4 is 4.90 Å². The average molecular weight is 246 g/mol. The molecule has 0 aliphatic rings. The van der Waals surface area contributed by atoms with Crippen molar-refractivity contribution in [2.45, 2.75) is 13.3 Å². The highest BCUT2D eigenvalue weighted by atomic mass is 16.2. The molecule has 96 valence electrons. The molecule has 0 saturated heterocycles. The molecule has 0 N–H and O–H groups in total. The minimum atomic E-state index is -0.00186. The summed E-state index contributed by atoms with van der Waals surface area (Å²) in [6, 6.07) is 5.54. The van der Waals surface area contributed by atoms with Crippen LogP contribution in [0, 0.1) is 11.3 Å². The molecule has 5 heteroatoms. The van der Waals surface area contributed by atoms with Crippen LogP contribution in [0.3, 0.4) is 0 Å². The van der Waals surface area contributed by atoms with Crippen LogP contribution in [0.15, 0.2) is 18.3 Å². The van der Waals surface area contributed by atoms with Gasteiger partial charge in [-0.1, -0.05) is 6.92 Å². The van der Waals surface area contributed by atoms with E-state index in [0.717, 1.165) is 6.42 Å². The zero-order chi connectivity index (χ0) is 13.5. The molecule has 0 aliphatic heterocycles. The van der Waals surface area contributed by atoms with E-state index >= 15 is 0 Å². The van der Waals surface area contributed by atoms with Gasteiger partial charge in [0.15, 0.2) is 0 Å². The molecule has 1 rings (SSSR count). The van der Waals surface area contributed by atoms with Crippen LogP contribution in [-0.4, -0.2) is 43.0 Å². The lowest BCUT2D eigenvalue weighted by Crippen LogP contribution is -2.37. The summed E-state index contributed by atoms with van der Waals surface area (Å²) in [6.07, 6.45) is 2.53. The van der Waals surface area contributed by atoms with Crippen molar-refractivity contribution in [2.75, 3.05) is 32.1 Å². The van der Waals surface area contributed by atoms with Gasteiger partial charge in [-0.3, -0.25) is 4.79 Å². The van der Waals surface area contributed by atoms with E-state index in [4.69, 9.17) is 5.26 Å². The minimum Gasteiger partial charge on any atom is -0.347 e. The molecule has 0 saturated carbocycles. The Morgan fingerprint density at radius 2 is 2.22 bits per heavy atom. The lowest BCUT2D eigenvalue weighted by molar-refractivity contribution is -0.127. The van der Waals surface area contributed by atoms with Crippen molar-refractivity contribution in [2.24, 2.45) is 0 Å². The molecule has 0 bridgehead atoms. The van der Waals surface area contributed by atoms with E-state index in [1.165, 1.54) is 4.90 Å². The number of carbonyl (C=O) groups is 1. The number of hydrogen-bond donors (Lipinski definition) is 0. The van der Waals surface area contributed by atoms with E-state index in [1.54, 1.807) is 32.4 Å². The van der Waals surface area contributed by atoms with Crippen LogP contribution in [0.4, 0.5) is 5.82 Å². The van der Waals surface area contributed by atoms with Crippen molar-refractivity contribution >= 4 is 11.7 Å². The van der Waals surface area contributed by atoms with Crippen LogP contribution in [0.5, 0.6) is 0 Å². The fourth-order valence-corrected chi connectivity index (χ4v) is 1.57. The Morgan fingerprint density at radius 1 is 1.50 bits per heavy atom. The molecule has 0 aliphatic carbocycles. The maximum Gasteiger partial charge on any atom is 0.241 e. The molecule has 0 unspecified atom stereocenters. The zero-order valence-electron chi connectivity index (χ0n) is 11.1. The predicted molar refractivity (Wildman–Crippen MR) is 70.2 cm³/mol. The Morgan fingerprint density at radius 3 is 2.78 bits per heavy atom. The van der Waals surface area contributed by atoms with Gasteiger partial charge in [0.2, 0.25) is 5.91 Å². The van der Waals surface area contributed by atoms with Gasteiger partial charge in [-0.05, 0) is 18.6 Å². The Hall–Kier alpha value is -2.09. The lowest BCUT2D eigenvalue weighted by atomic mass is 10.2. The van der Waals surface area contributed by atoms with Crippen molar-refractivity contribution in [3.05, 3.63) is 23.9 Å². The SMILES string of the molecule is CCCN(CC(=O)N(C)C)c1ncccc1C#N. The third kappa shape index (κ3) is 3.45. The standard InChI is InChI=1S/C13H18N4O/c1-4-8-17(10-12(18)16(2)3)13-11(9-14)6-5-7-15-13/h5-7H,4,8,10H2,1-3H3. The minimum absolute atomic E-state index is 0.00186. The molecule has 0 fully saturated rings. The molecule has 0 aromatic carbocycles. The Labute approximate surface area is 108 Å². The van der Waals surface area contributed by atoms with E-state index in [9.17, 15) is 4.79 Å². The summed E-state index contributed by atoms with van der Waals surface area (Å²) >= 11 is 0. The average Bonchev–Trinajstić information content (AvgIpc) is 2.38. The second-order valence-electron chi connectivity index (χ2n) is 4.20. The van der Waals surface area contributed by atoms with Gasteiger partial charge in [-0.25, -0.2) is 4.98 Å². The van der Waals surface area contributed by atoms with E-state index in [0.29, 0.717) is 17.9 Å². The molecule has 0 atom stereocenters. The normalized spacial score (nSPS) is 9.67. The fourth-order valence-electron chi connectivity index (χ4n) is 1.57. The quantitative estimate of drug-likeness (QED) is 0.784. The molecule has 18 heavy (non-hydrogen) atoms. The summed E-state index contributed by atoms with van der Waals surface area (Å²) in [5.74, 6) is 0.579. The number of likely N-dealkylation sites (N-methyl/N-ethyl adjacent to an activating group) is 1. The van der Waals surface area contributed by atoms with Crippen LogP contribution in [0.1, 0.15) is 18.9 Å². The number of carbonyl (C=O) groups excluding carboxylic acids is 1. The van der Waals surface area contributed by atoms with Crippen LogP contribution in [-0.2, 0) is 4.79 Å². The van der Waals surface area contributed by atoms with Gasteiger partial charge < -0.3 is 9.80 Å². The Balaban J connectivity index is 2.97. The molecule has 5 nitrogen and oxygen atoms in total. The third-order valence-electron chi connectivity index (χ3n) is 2.53. The number of anilines is 1. The predicted octanol–water partition coefficient (Wildman–Crippen LogP) is 1.26. The van der Waals surface area contributed by atoms with Crippen molar-refractivity contribution in [3.8, 4) is 6.07 Å². The molecule has 1 heterocycles. The molecule has 1 aromatic rings. The Kier molecular flexibility index (Phi) is 5.12. The van der Waals surface area contributed by atoms with Crippen molar-refractivity contribution in [1.82, 2.24) is 9.88 Å². The van der Waals surface area contributed by atoms with Gasteiger partial charge in [-0.2, -0.15) is 5.26 Å². The topological polar surface area (TPSA) is 60.2 Å². The first-order chi connectivity index (χ1) is 8.60. The summed E-state index contributed by atoms with van der Waals surface area (Å²) in [7, 11) is 3.44. The maximum absolute atomic E-state index is 11.8. The lowest BCUT2D eigenvalue weighted by Gasteiger charge is -2.24. The van der Waals surface area contributed by atoms with Gasteiger partial charge in [0, 0.05) is 26.8 Å². The van der Waals surface area contributed by atoms with Gasteiger partial charge in [0.1, 0.15) is 11.9 Å². The van der Waals surface area contributed by atoms with Crippen LogP contribution in [0.25, 0.3) is 0 Å². The summed E-state index contributed by atoms with van der Waals surface area (Å²) in [4.78, 5) is 19.4. The summed E-state index contributed by atoms with van der Waals surface area (Å²) < 4.78 is 0. The first-order valence-electron chi connectivity index (χ1n) is 5.90. The molecule has 1 aromatic heterocycles. The Bertz CT molecular complexity index is 451. The number of hydrogen-bond acceptors (Lipinski definition) is 4. The van der Waals surface area contributed by atoms with Gasteiger partial charge in [-0.15, -0.1) is 0 Å². The first kappa shape index (κ1) is 14.0. The number of nitriles is 1. The van der Waals surface area contributed by atoms with Crippen LogP contribution >= 0.6 is 0 Å². The molecular weight excluding hydrogens is 228 g/mol. The summed E-state index contributed by atoms with van der Waals surface area (Å²) in [6.45, 7) is 2.97. The number of nitrogens with zero attached hydrogens (tertiary/aromatic N) is 4. The molecule has 1 amide bonds. The monoisotopic (exact) mass is 246 g/mol. The van der Waals surface area contributed by atoms with E-state index in [1.807, 2.05) is 11.8 Å². The summed E-state index contributed by atoms with van der Waals surface area (Å²) in [5, 5.41) is 9.07. The van der Waals surface area contributed by atoms with Gasteiger partial charge in [0.25, 0.3) is 0 Å².